The molecule has 2 amide bonds. The second kappa shape index (κ2) is 7.35. The van der Waals surface area contributed by atoms with E-state index in [9.17, 15) is 9.59 Å². The van der Waals surface area contributed by atoms with Gasteiger partial charge in [0.15, 0.2) is 6.10 Å². The van der Waals surface area contributed by atoms with E-state index < -0.39 is 18.1 Å². The molecule has 3 aromatic rings. The van der Waals surface area contributed by atoms with Gasteiger partial charge in [0.2, 0.25) is 5.91 Å². The van der Waals surface area contributed by atoms with Gasteiger partial charge in [-0.1, -0.05) is 18.2 Å². The third-order valence-electron chi connectivity index (χ3n) is 5.37. The van der Waals surface area contributed by atoms with Crippen LogP contribution in [0.3, 0.4) is 0 Å². The number of fused-ring (bicyclic) bond motifs is 1. The molecule has 0 unspecified atom stereocenters. The van der Waals surface area contributed by atoms with Gasteiger partial charge >= 0.3 is 0 Å². The van der Waals surface area contributed by atoms with Crippen LogP contribution in [0.15, 0.2) is 77.4 Å². The third-order valence-corrected chi connectivity index (χ3v) is 5.37. The van der Waals surface area contributed by atoms with Crippen LogP contribution in [0.4, 0.5) is 11.4 Å². The highest BCUT2D eigenvalue weighted by molar-refractivity contribution is 6.23. The number of ether oxygens (including phenoxy) is 1. The highest BCUT2D eigenvalue weighted by atomic mass is 16.7. The molecule has 7 nitrogen and oxygen atoms in total. The zero-order valence-corrected chi connectivity index (χ0v) is 16.3. The molecule has 2 fully saturated rings. The van der Waals surface area contributed by atoms with E-state index in [4.69, 9.17) is 14.0 Å². The van der Waals surface area contributed by atoms with Crippen molar-refractivity contribution in [1.82, 2.24) is 0 Å². The molecule has 0 aliphatic carbocycles. The first kappa shape index (κ1) is 18.4. The number of nitrogens with zero attached hydrogens (tertiary/aromatic N) is 2. The summed E-state index contributed by atoms with van der Waals surface area (Å²) in [6.45, 7) is 2.44. The number of hydrogen-bond donors (Lipinski definition) is 0. The van der Waals surface area contributed by atoms with Crippen molar-refractivity contribution in [3.05, 3.63) is 78.8 Å². The van der Waals surface area contributed by atoms with E-state index in [1.165, 1.54) is 4.90 Å². The maximum Gasteiger partial charge on any atom is 0.266 e. The van der Waals surface area contributed by atoms with Crippen LogP contribution in [0.2, 0.25) is 0 Å². The predicted molar refractivity (Wildman–Crippen MR) is 109 cm³/mol. The highest BCUT2D eigenvalue weighted by Gasteiger charge is 2.61. The quantitative estimate of drug-likeness (QED) is 0.604. The summed E-state index contributed by atoms with van der Waals surface area (Å²) < 4.78 is 11.1. The molecule has 3 atom stereocenters. The van der Waals surface area contributed by atoms with Crippen LogP contribution in [0.5, 0.6) is 5.75 Å². The predicted octanol–water partition coefficient (Wildman–Crippen LogP) is 3.73. The Morgan fingerprint density at radius 2 is 1.67 bits per heavy atom. The van der Waals surface area contributed by atoms with Crippen molar-refractivity contribution in [2.45, 2.75) is 19.1 Å². The van der Waals surface area contributed by atoms with Gasteiger partial charge < -0.3 is 9.15 Å². The van der Waals surface area contributed by atoms with Crippen LogP contribution in [-0.2, 0) is 14.4 Å². The summed E-state index contributed by atoms with van der Waals surface area (Å²) in [5.74, 6) is -0.157. The Hall–Kier alpha value is -3.58. The molecular formula is C23H20N2O5. The number of imide groups is 1. The third kappa shape index (κ3) is 2.86. The molecule has 0 N–H and O–H groups in total. The molecule has 7 heteroatoms. The highest BCUT2D eigenvalue weighted by Crippen LogP contribution is 2.47. The maximum absolute atomic E-state index is 13.4. The minimum atomic E-state index is -0.917. The van der Waals surface area contributed by atoms with Gasteiger partial charge in [-0.3, -0.25) is 14.4 Å². The van der Waals surface area contributed by atoms with E-state index >= 15 is 0 Å². The summed E-state index contributed by atoms with van der Waals surface area (Å²) in [6, 6.07) is 19.3. The van der Waals surface area contributed by atoms with Gasteiger partial charge in [-0.05, 0) is 55.5 Å². The molecule has 2 aliphatic rings. The van der Waals surface area contributed by atoms with Gasteiger partial charge in [-0.25, -0.2) is 9.96 Å². The number of para-hydroxylation sites is 1. The fraction of sp³-hybridized carbons (Fsp3) is 0.217. The number of amides is 2. The molecule has 2 aromatic carbocycles. The Morgan fingerprint density at radius 1 is 0.900 bits per heavy atom. The first-order valence-corrected chi connectivity index (χ1v) is 9.84. The van der Waals surface area contributed by atoms with Gasteiger partial charge in [0, 0.05) is 0 Å². The molecule has 5 rings (SSSR count). The summed E-state index contributed by atoms with van der Waals surface area (Å²) in [6.07, 6.45) is 0.636. The number of carbonyl (C=O) groups is 2. The summed E-state index contributed by atoms with van der Waals surface area (Å²) >= 11 is 0. The van der Waals surface area contributed by atoms with Crippen molar-refractivity contribution in [2.75, 3.05) is 16.6 Å². The average molecular weight is 404 g/mol. The normalized spacial score (nSPS) is 23.2. The Labute approximate surface area is 173 Å². The molecular weight excluding hydrogens is 384 g/mol. The second-order valence-corrected chi connectivity index (χ2v) is 7.11. The molecule has 2 aliphatic heterocycles. The summed E-state index contributed by atoms with van der Waals surface area (Å²) in [5, 5.41) is 1.61. The first-order valence-electron chi connectivity index (χ1n) is 9.84. The van der Waals surface area contributed by atoms with Crippen LogP contribution in [-0.4, -0.2) is 24.5 Å². The zero-order valence-electron chi connectivity index (χ0n) is 16.3. The standard InChI is InChI=1S/C23H20N2O5/c1-2-28-17-12-10-15(11-13-17)24-22(26)19-20(18-9-6-14-29-18)25(30-21(19)23(24)27)16-7-4-3-5-8-16/h3-14,19-21H,2H2,1H3/t19-,20+,21+/m1/s1. The number of furan rings is 1. The molecule has 30 heavy (non-hydrogen) atoms. The number of hydrogen-bond acceptors (Lipinski definition) is 6. The lowest BCUT2D eigenvalue weighted by molar-refractivity contribution is -0.126. The maximum atomic E-state index is 13.4. The molecule has 0 spiro atoms. The molecule has 0 bridgehead atoms. The van der Waals surface area contributed by atoms with Gasteiger partial charge in [0.1, 0.15) is 23.5 Å². The van der Waals surface area contributed by atoms with E-state index in [-0.39, 0.29) is 11.8 Å². The number of hydroxylamine groups is 1. The lowest BCUT2D eigenvalue weighted by Gasteiger charge is -2.27. The van der Waals surface area contributed by atoms with Crippen LogP contribution < -0.4 is 14.7 Å². The van der Waals surface area contributed by atoms with E-state index in [1.54, 1.807) is 47.7 Å². The van der Waals surface area contributed by atoms with Gasteiger partial charge in [0.25, 0.3) is 5.91 Å². The fourth-order valence-corrected chi connectivity index (χ4v) is 4.07. The first-order chi connectivity index (χ1) is 14.7. The van der Waals surface area contributed by atoms with Crippen LogP contribution in [0.1, 0.15) is 18.7 Å². The minimum absolute atomic E-state index is 0.311. The lowest BCUT2D eigenvalue weighted by Crippen LogP contribution is -2.37. The molecule has 0 saturated carbocycles. The van der Waals surface area contributed by atoms with Crippen molar-refractivity contribution in [1.29, 1.82) is 0 Å². The molecule has 152 valence electrons. The smallest absolute Gasteiger partial charge is 0.266 e. The van der Waals surface area contributed by atoms with E-state index in [0.29, 0.717) is 23.8 Å². The largest absolute Gasteiger partial charge is 0.494 e. The van der Waals surface area contributed by atoms with E-state index in [0.717, 1.165) is 5.69 Å². The van der Waals surface area contributed by atoms with Crippen molar-refractivity contribution < 1.29 is 23.6 Å². The van der Waals surface area contributed by atoms with Crippen molar-refractivity contribution in [2.24, 2.45) is 5.92 Å². The molecule has 2 saturated heterocycles. The number of anilines is 2. The molecule has 1 aromatic heterocycles. The van der Waals surface area contributed by atoms with E-state index in [2.05, 4.69) is 0 Å². The van der Waals surface area contributed by atoms with Gasteiger partial charge in [-0.15, -0.1) is 0 Å². The summed E-state index contributed by atoms with van der Waals surface area (Å²) in [4.78, 5) is 33.8. The average Bonchev–Trinajstić information content (AvgIpc) is 3.48. The van der Waals surface area contributed by atoms with Crippen molar-refractivity contribution in [3.8, 4) is 5.75 Å². The zero-order chi connectivity index (χ0) is 20.7. The Kier molecular flexibility index (Phi) is 4.52. The monoisotopic (exact) mass is 404 g/mol. The minimum Gasteiger partial charge on any atom is -0.494 e. The number of rotatable bonds is 5. The second-order valence-electron chi connectivity index (χ2n) is 7.11. The van der Waals surface area contributed by atoms with Crippen LogP contribution >= 0.6 is 0 Å². The van der Waals surface area contributed by atoms with Crippen molar-refractivity contribution in [3.63, 3.8) is 0 Å². The summed E-state index contributed by atoms with van der Waals surface area (Å²) in [7, 11) is 0. The van der Waals surface area contributed by atoms with Gasteiger partial charge in [0.05, 0.1) is 24.2 Å². The lowest BCUT2D eigenvalue weighted by atomic mass is 9.94. The summed E-state index contributed by atoms with van der Waals surface area (Å²) in [5.41, 5.74) is 1.25. The molecule has 0 radical (unpaired) electrons. The fourth-order valence-electron chi connectivity index (χ4n) is 4.07. The SMILES string of the molecule is CCOc1ccc(N2C(=O)[C@H]3[C@H](ON(c4ccccc4)[C@H]3c3ccco3)C2=O)cc1. The Balaban J connectivity index is 1.51. The number of carbonyl (C=O) groups excluding carboxylic acids is 2. The van der Waals surface area contributed by atoms with Gasteiger partial charge in [-0.2, -0.15) is 0 Å². The Morgan fingerprint density at radius 3 is 2.33 bits per heavy atom. The number of benzene rings is 2. The van der Waals surface area contributed by atoms with Crippen LogP contribution in [0.25, 0.3) is 0 Å². The van der Waals surface area contributed by atoms with Crippen molar-refractivity contribution >= 4 is 23.2 Å². The Bertz CT molecular complexity index is 1050. The van der Waals surface area contributed by atoms with Crippen LogP contribution in [0, 0.1) is 5.92 Å². The van der Waals surface area contributed by atoms with E-state index in [1.807, 2.05) is 37.3 Å². The topological polar surface area (TPSA) is 72.2 Å². The molecule has 3 heterocycles.